The molecule has 0 aliphatic carbocycles. The van der Waals surface area contributed by atoms with Gasteiger partial charge in [-0.3, -0.25) is 4.79 Å². The lowest BCUT2D eigenvalue weighted by molar-refractivity contribution is -0.150. The Morgan fingerprint density at radius 3 is 2.23 bits per heavy atom. The van der Waals surface area contributed by atoms with E-state index in [4.69, 9.17) is 9.47 Å². The Kier molecular flexibility index (Phi) is 8.09. The average Bonchev–Trinajstić information content (AvgIpc) is 2.57. The number of hydrogen-bond donors (Lipinski definition) is 1. The maximum Gasteiger partial charge on any atom is 0.408 e. The van der Waals surface area contributed by atoms with E-state index in [-0.39, 0.29) is 13.0 Å². The molecule has 1 N–H and O–H groups in total. The maximum atomic E-state index is 12.4. The van der Waals surface area contributed by atoms with Crippen LogP contribution in [0.1, 0.15) is 39.7 Å². The van der Waals surface area contributed by atoms with Crippen molar-refractivity contribution in [2.45, 2.75) is 52.4 Å². The number of nitrogens with one attached hydrogen (secondary N) is 1. The second kappa shape index (κ2) is 9.79. The van der Waals surface area contributed by atoms with Crippen LogP contribution in [0.25, 0.3) is 0 Å². The molecule has 144 valence electrons. The Bertz CT molecular complexity index is 608. The maximum absolute atomic E-state index is 12.4. The number of esters is 2. The highest BCUT2D eigenvalue weighted by atomic mass is 16.6. The molecule has 0 heterocycles. The van der Waals surface area contributed by atoms with Crippen LogP contribution in [0.5, 0.6) is 0 Å². The lowest BCUT2D eigenvalue weighted by atomic mass is 10.0. The van der Waals surface area contributed by atoms with Crippen molar-refractivity contribution in [1.29, 1.82) is 0 Å². The van der Waals surface area contributed by atoms with Gasteiger partial charge < -0.3 is 19.5 Å². The van der Waals surface area contributed by atoms with Gasteiger partial charge in [-0.2, -0.15) is 0 Å². The summed E-state index contributed by atoms with van der Waals surface area (Å²) >= 11 is 0. The number of methoxy groups -OCH3 is 1. The van der Waals surface area contributed by atoms with Crippen molar-refractivity contribution in [3.05, 3.63) is 35.9 Å². The van der Waals surface area contributed by atoms with Crippen LogP contribution >= 0.6 is 0 Å². The summed E-state index contributed by atoms with van der Waals surface area (Å²) in [6, 6.07) is 8.14. The SMILES string of the molecule is COC(=O)C(C)CC(NC(=O)OC(C)(C)C)C(=O)OCc1ccccc1. The van der Waals surface area contributed by atoms with Gasteiger partial charge in [0.1, 0.15) is 18.2 Å². The molecule has 2 unspecified atom stereocenters. The van der Waals surface area contributed by atoms with Crippen molar-refractivity contribution in [3.8, 4) is 0 Å². The highest BCUT2D eigenvalue weighted by molar-refractivity contribution is 5.82. The molecule has 0 aliphatic rings. The van der Waals surface area contributed by atoms with Gasteiger partial charge in [-0.15, -0.1) is 0 Å². The number of carbonyl (C=O) groups excluding carboxylic acids is 3. The zero-order valence-corrected chi connectivity index (χ0v) is 15.9. The molecule has 1 aromatic rings. The molecule has 0 radical (unpaired) electrons. The highest BCUT2D eigenvalue weighted by Crippen LogP contribution is 2.13. The summed E-state index contributed by atoms with van der Waals surface area (Å²) in [6.45, 7) is 6.82. The van der Waals surface area contributed by atoms with E-state index >= 15 is 0 Å². The first kappa shape index (κ1) is 21.5. The lowest BCUT2D eigenvalue weighted by Crippen LogP contribution is -2.45. The van der Waals surface area contributed by atoms with Crippen molar-refractivity contribution in [2.75, 3.05) is 7.11 Å². The zero-order chi connectivity index (χ0) is 19.7. The molecule has 0 aliphatic heterocycles. The molecule has 0 saturated carbocycles. The van der Waals surface area contributed by atoms with E-state index in [2.05, 4.69) is 10.1 Å². The quantitative estimate of drug-likeness (QED) is 0.590. The number of carbonyl (C=O) groups is 3. The van der Waals surface area contributed by atoms with E-state index in [0.29, 0.717) is 0 Å². The fourth-order valence-corrected chi connectivity index (χ4v) is 2.14. The molecule has 1 rings (SSSR count). The second-order valence-corrected chi connectivity index (χ2v) is 6.95. The van der Waals surface area contributed by atoms with Gasteiger partial charge in [0, 0.05) is 0 Å². The summed E-state index contributed by atoms with van der Waals surface area (Å²) in [5.74, 6) is -1.71. The van der Waals surface area contributed by atoms with E-state index < -0.39 is 35.6 Å². The van der Waals surface area contributed by atoms with Crippen LogP contribution in [0.15, 0.2) is 30.3 Å². The molecule has 7 heteroatoms. The minimum atomic E-state index is -1.03. The monoisotopic (exact) mass is 365 g/mol. The predicted molar refractivity (Wildman–Crippen MR) is 95.2 cm³/mol. The van der Waals surface area contributed by atoms with Gasteiger partial charge in [-0.25, -0.2) is 9.59 Å². The van der Waals surface area contributed by atoms with Crippen molar-refractivity contribution in [2.24, 2.45) is 5.92 Å². The van der Waals surface area contributed by atoms with Crippen LogP contribution in [0.4, 0.5) is 4.79 Å². The molecule has 2 atom stereocenters. The fraction of sp³-hybridized carbons (Fsp3) is 0.526. The Balaban J connectivity index is 2.76. The van der Waals surface area contributed by atoms with Gasteiger partial charge in [0.25, 0.3) is 0 Å². The van der Waals surface area contributed by atoms with E-state index in [0.717, 1.165) is 5.56 Å². The molecule has 0 saturated heterocycles. The van der Waals surface area contributed by atoms with Gasteiger partial charge >= 0.3 is 18.0 Å². The molecule has 0 fully saturated rings. The van der Waals surface area contributed by atoms with Crippen LogP contribution in [0, 0.1) is 5.92 Å². The third kappa shape index (κ3) is 8.00. The average molecular weight is 365 g/mol. The summed E-state index contributed by atoms with van der Waals surface area (Å²) in [4.78, 5) is 36.1. The van der Waals surface area contributed by atoms with Crippen LogP contribution in [-0.2, 0) is 30.4 Å². The minimum Gasteiger partial charge on any atom is -0.469 e. The summed E-state index contributed by atoms with van der Waals surface area (Å²) in [7, 11) is 1.27. The van der Waals surface area contributed by atoms with E-state index in [9.17, 15) is 14.4 Å². The van der Waals surface area contributed by atoms with Crippen LogP contribution < -0.4 is 5.32 Å². The minimum absolute atomic E-state index is 0.0412. The molecule has 0 spiro atoms. The second-order valence-electron chi connectivity index (χ2n) is 6.95. The highest BCUT2D eigenvalue weighted by Gasteiger charge is 2.29. The van der Waals surface area contributed by atoms with E-state index in [1.165, 1.54) is 7.11 Å². The van der Waals surface area contributed by atoms with E-state index in [1.807, 2.05) is 30.3 Å². The molecule has 0 aromatic heterocycles. The number of hydrogen-bond acceptors (Lipinski definition) is 6. The largest absolute Gasteiger partial charge is 0.469 e. The van der Waals surface area contributed by atoms with Crippen molar-refractivity contribution in [3.63, 3.8) is 0 Å². The summed E-state index contributed by atoms with van der Waals surface area (Å²) in [6.07, 6.45) is -0.712. The first-order valence-electron chi connectivity index (χ1n) is 8.40. The van der Waals surface area contributed by atoms with E-state index in [1.54, 1.807) is 27.7 Å². The number of amides is 1. The number of benzene rings is 1. The molecular weight excluding hydrogens is 338 g/mol. The Labute approximate surface area is 154 Å². The van der Waals surface area contributed by atoms with Crippen LogP contribution in [-0.4, -0.2) is 36.8 Å². The Morgan fingerprint density at radius 2 is 1.69 bits per heavy atom. The lowest BCUT2D eigenvalue weighted by Gasteiger charge is -2.24. The van der Waals surface area contributed by atoms with Gasteiger partial charge in [-0.1, -0.05) is 37.3 Å². The molecule has 1 aromatic carbocycles. The fourth-order valence-electron chi connectivity index (χ4n) is 2.14. The summed E-state index contributed by atoms with van der Waals surface area (Å²) in [5, 5.41) is 2.48. The van der Waals surface area contributed by atoms with Gasteiger partial charge in [-0.05, 0) is 32.8 Å². The van der Waals surface area contributed by atoms with Crippen LogP contribution in [0.3, 0.4) is 0 Å². The van der Waals surface area contributed by atoms with Gasteiger partial charge in [0.2, 0.25) is 0 Å². The van der Waals surface area contributed by atoms with Crippen molar-refractivity contribution >= 4 is 18.0 Å². The molecule has 1 amide bonds. The van der Waals surface area contributed by atoms with Crippen LogP contribution in [0.2, 0.25) is 0 Å². The van der Waals surface area contributed by atoms with Gasteiger partial charge in [0.05, 0.1) is 13.0 Å². The Morgan fingerprint density at radius 1 is 1.08 bits per heavy atom. The first-order valence-corrected chi connectivity index (χ1v) is 8.40. The summed E-state index contributed by atoms with van der Waals surface area (Å²) < 4.78 is 15.1. The topological polar surface area (TPSA) is 90.9 Å². The molecule has 26 heavy (non-hydrogen) atoms. The number of ether oxygens (including phenoxy) is 3. The Hall–Kier alpha value is -2.57. The molecular formula is C19H27NO6. The van der Waals surface area contributed by atoms with Crippen molar-refractivity contribution in [1.82, 2.24) is 5.32 Å². The normalized spacial score (nSPS) is 13.3. The molecule has 0 bridgehead atoms. The number of rotatable bonds is 7. The molecule has 7 nitrogen and oxygen atoms in total. The third-order valence-corrected chi connectivity index (χ3v) is 3.39. The predicted octanol–water partition coefficient (Wildman–Crippen LogP) is 2.82. The number of alkyl carbamates (subject to hydrolysis) is 1. The van der Waals surface area contributed by atoms with Gasteiger partial charge in [0.15, 0.2) is 0 Å². The standard InChI is InChI=1S/C19H27NO6/c1-13(16(21)24-5)11-15(20-18(23)26-19(2,3)4)17(22)25-12-14-9-7-6-8-10-14/h6-10,13,15H,11-12H2,1-5H3,(H,20,23). The van der Waals surface area contributed by atoms with Crippen molar-refractivity contribution < 1.29 is 28.6 Å². The first-order chi connectivity index (χ1) is 12.1. The smallest absolute Gasteiger partial charge is 0.408 e. The summed E-state index contributed by atoms with van der Waals surface area (Å²) in [5.41, 5.74) is 0.106. The third-order valence-electron chi connectivity index (χ3n) is 3.39. The zero-order valence-electron chi connectivity index (χ0n) is 15.9.